The van der Waals surface area contributed by atoms with Gasteiger partial charge in [-0.15, -0.1) is 0 Å². The summed E-state index contributed by atoms with van der Waals surface area (Å²) in [5.41, 5.74) is 12.1. The minimum atomic E-state index is -0.664. The maximum Gasteiger partial charge on any atom is 0.250 e. The zero-order valence-corrected chi connectivity index (χ0v) is 11.1. The first kappa shape index (κ1) is 13.4. The number of aryl methyl sites for hydroxylation is 1. The van der Waals surface area contributed by atoms with Crippen LogP contribution in [0, 0.1) is 12.7 Å². The molecule has 0 aromatic heterocycles. The molecule has 0 fully saturated rings. The Hall–Kier alpha value is -2.01. The topological polar surface area (TPSA) is 69.1 Å². The standard InChI is InChI=1S/C14H13FN2OS/c1-8-2-4-9(5-3-8)19-13-6-10(14(17)18)12(16)7-11(13)15/h2-7H,16H2,1H3,(H2,17,18). The van der Waals surface area contributed by atoms with Crippen molar-refractivity contribution in [3.63, 3.8) is 0 Å². The van der Waals surface area contributed by atoms with Gasteiger partial charge in [0.25, 0.3) is 5.91 Å². The van der Waals surface area contributed by atoms with Crippen molar-refractivity contribution in [2.24, 2.45) is 5.73 Å². The van der Waals surface area contributed by atoms with Crippen LogP contribution in [0.25, 0.3) is 0 Å². The second-order valence-corrected chi connectivity index (χ2v) is 5.26. The predicted molar refractivity (Wildman–Crippen MR) is 74.6 cm³/mol. The van der Waals surface area contributed by atoms with Crippen molar-refractivity contribution in [3.8, 4) is 0 Å². The number of primary amides is 1. The summed E-state index contributed by atoms with van der Waals surface area (Å²) in [6, 6.07) is 10.2. The summed E-state index contributed by atoms with van der Waals surface area (Å²) in [6.45, 7) is 1.98. The summed E-state index contributed by atoms with van der Waals surface area (Å²) < 4.78 is 13.8. The van der Waals surface area contributed by atoms with Crippen molar-refractivity contribution < 1.29 is 9.18 Å². The maximum atomic E-state index is 13.8. The fourth-order valence-electron chi connectivity index (χ4n) is 1.59. The monoisotopic (exact) mass is 276 g/mol. The van der Waals surface area contributed by atoms with Crippen LogP contribution >= 0.6 is 11.8 Å². The number of carbonyl (C=O) groups excluding carboxylic acids is 1. The molecule has 0 aliphatic rings. The van der Waals surface area contributed by atoms with E-state index in [1.807, 2.05) is 31.2 Å². The molecule has 2 rings (SSSR count). The number of carbonyl (C=O) groups is 1. The molecule has 1 amide bonds. The molecule has 0 bridgehead atoms. The van der Waals surface area contributed by atoms with Gasteiger partial charge in [0.05, 0.1) is 5.56 Å². The third-order valence-corrected chi connectivity index (χ3v) is 3.66. The van der Waals surface area contributed by atoms with E-state index in [-0.39, 0.29) is 11.3 Å². The Balaban J connectivity index is 2.37. The second-order valence-electron chi connectivity index (χ2n) is 4.15. The molecule has 4 N–H and O–H groups in total. The van der Waals surface area contributed by atoms with Gasteiger partial charge >= 0.3 is 0 Å². The van der Waals surface area contributed by atoms with Crippen molar-refractivity contribution in [2.75, 3.05) is 5.73 Å². The summed E-state index contributed by atoms with van der Waals surface area (Å²) in [7, 11) is 0. The van der Waals surface area contributed by atoms with Crippen molar-refractivity contribution in [1.29, 1.82) is 0 Å². The third kappa shape index (κ3) is 3.06. The normalized spacial score (nSPS) is 10.4. The van der Waals surface area contributed by atoms with Gasteiger partial charge < -0.3 is 11.5 Å². The largest absolute Gasteiger partial charge is 0.398 e. The number of anilines is 1. The number of nitrogens with two attached hydrogens (primary N) is 2. The number of hydrogen-bond donors (Lipinski definition) is 2. The van der Waals surface area contributed by atoms with E-state index in [9.17, 15) is 9.18 Å². The third-order valence-electron chi connectivity index (χ3n) is 2.62. The second kappa shape index (κ2) is 5.32. The number of hydrogen-bond acceptors (Lipinski definition) is 3. The van der Waals surface area contributed by atoms with Crippen LogP contribution in [0.4, 0.5) is 10.1 Å². The highest BCUT2D eigenvalue weighted by atomic mass is 32.2. The molecule has 0 heterocycles. The van der Waals surface area contributed by atoms with E-state index < -0.39 is 11.7 Å². The zero-order valence-electron chi connectivity index (χ0n) is 10.3. The molecule has 0 radical (unpaired) electrons. The van der Waals surface area contributed by atoms with Gasteiger partial charge in [-0.2, -0.15) is 0 Å². The highest BCUT2D eigenvalue weighted by Crippen LogP contribution is 2.32. The number of halogens is 1. The molecule has 3 nitrogen and oxygen atoms in total. The molecule has 19 heavy (non-hydrogen) atoms. The van der Waals surface area contributed by atoms with Gasteiger partial charge in [-0.25, -0.2) is 4.39 Å². The molecule has 0 aliphatic carbocycles. The lowest BCUT2D eigenvalue weighted by molar-refractivity contribution is 0.100. The first-order valence-corrected chi connectivity index (χ1v) is 6.42. The molecular weight excluding hydrogens is 263 g/mol. The van der Waals surface area contributed by atoms with Crippen LogP contribution in [0.5, 0.6) is 0 Å². The van der Waals surface area contributed by atoms with E-state index in [4.69, 9.17) is 11.5 Å². The molecule has 0 aliphatic heterocycles. The SMILES string of the molecule is Cc1ccc(Sc2cc(C(N)=O)c(N)cc2F)cc1. The Morgan fingerprint density at radius 1 is 1.21 bits per heavy atom. The van der Waals surface area contributed by atoms with Crippen LogP contribution in [0.3, 0.4) is 0 Å². The van der Waals surface area contributed by atoms with Crippen LogP contribution in [0.1, 0.15) is 15.9 Å². The van der Waals surface area contributed by atoms with Crippen LogP contribution < -0.4 is 11.5 Å². The van der Waals surface area contributed by atoms with Crippen LogP contribution in [0.15, 0.2) is 46.2 Å². The predicted octanol–water partition coefficient (Wildman–Crippen LogP) is 2.97. The Morgan fingerprint density at radius 3 is 2.42 bits per heavy atom. The highest BCUT2D eigenvalue weighted by Gasteiger charge is 2.12. The first-order valence-electron chi connectivity index (χ1n) is 5.60. The quantitative estimate of drug-likeness (QED) is 0.847. The van der Waals surface area contributed by atoms with Gasteiger partial charge in [-0.05, 0) is 31.2 Å². The summed E-state index contributed by atoms with van der Waals surface area (Å²) in [6.07, 6.45) is 0. The van der Waals surface area contributed by atoms with Gasteiger partial charge in [0, 0.05) is 15.5 Å². The van der Waals surface area contributed by atoms with Gasteiger partial charge in [-0.3, -0.25) is 4.79 Å². The van der Waals surface area contributed by atoms with Crippen molar-refractivity contribution in [3.05, 3.63) is 53.3 Å². The number of benzene rings is 2. The van der Waals surface area contributed by atoms with E-state index in [2.05, 4.69) is 0 Å². The van der Waals surface area contributed by atoms with E-state index in [1.165, 1.54) is 17.8 Å². The molecule has 0 unspecified atom stereocenters. The molecule has 0 spiro atoms. The van der Waals surface area contributed by atoms with Crippen molar-refractivity contribution in [1.82, 2.24) is 0 Å². The van der Waals surface area contributed by atoms with E-state index in [1.54, 1.807) is 0 Å². The Bertz CT molecular complexity index is 626. The Morgan fingerprint density at radius 2 is 1.84 bits per heavy atom. The first-order chi connectivity index (χ1) is 8.97. The molecular formula is C14H13FN2OS. The average Bonchev–Trinajstić information content (AvgIpc) is 2.34. The van der Waals surface area contributed by atoms with Gasteiger partial charge in [0.15, 0.2) is 0 Å². The Labute approximate surface area is 114 Å². The molecule has 98 valence electrons. The lowest BCUT2D eigenvalue weighted by atomic mass is 10.1. The molecule has 2 aromatic carbocycles. The zero-order chi connectivity index (χ0) is 14.0. The number of rotatable bonds is 3. The van der Waals surface area contributed by atoms with E-state index >= 15 is 0 Å². The van der Waals surface area contributed by atoms with Crippen LogP contribution in [-0.2, 0) is 0 Å². The molecule has 0 saturated carbocycles. The van der Waals surface area contributed by atoms with Gasteiger partial charge in [0.1, 0.15) is 5.82 Å². The Kier molecular flexibility index (Phi) is 3.76. The van der Waals surface area contributed by atoms with Gasteiger partial charge in [0.2, 0.25) is 0 Å². The van der Waals surface area contributed by atoms with Crippen LogP contribution in [-0.4, -0.2) is 5.91 Å². The number of amides is 1. The van der Waals surface area contributed by atoms with E-state index in [0.29, 0.717) is 4.90 Å². The fourth-order valence-corrected chi connectivity index (χ4v) is 2.45. The molecule has 0 atom stereocenters. The minimum Gasteiger partial charge on any atom is -0.398 e. The molecule has 2 aromatic rings. The lowest BCUT2D eigenvalue weighted by Crippen LogP contribution is -2.14. The lowest BCUT2D eigenvalue weighted by Gasteiger charge is -2.08. The molecule has 5 heteroatoms. The average molecular weight is 276 g/mol. The van der Waals surface area contributed by atoms with Crippen molar-refractivity contribution in [2.45, 2.75) is 16.7 Å². The minimum absolute atomic E-state index is 0.0539. The fraction of sp³-hybridized carbons (Fsp3) is 0.0714. The molecule has 0 saturated heterocycles. The van der Waals surface area contributed by atoms with Crippen molar-refractivity contribution >= 4 is 23.4 Å². The van der Waals surface area contributed by atoms with Gasteiger partial charge in [-0.1, -0.05) is 29.5 Å². The smallest absolute Gasteiger partial charge is 0.250 e. The summed E-state index contributed by atoms with van der Waals surface area (Å²) in [5, 5.41) is 0. The summed E-state index contributed by atoms with van der Waals surface area (Å²) >= 11 is 1.22. The highest BCUT2D eigenvalue weighted by molar-refractivity contribution is 7.99. The summed E-state index contributed by atoms with van der Waals surface area (Å²) in [4.78, 5) is 12.4. The summed E-state index contributed by atoms with van der Waals surface area (Å²) in [5.74, 6) is -1.13. The van der Waals surface area contributed by atoms with E-state index in [0.717, 1.165) is 16.5 Å². The number of nitrogen functional groups attached to an aromatic ring is 1. The maximum absolute atomic E-state index is 13.8. The van der Waals surface area contributed by atoms with Crippen LogP contribution in [0.2, 0.25) is 0 Å².